The maximum atomic E-state index is 12.2. The minimum atomic E-state index is -0.591. The van der Waals surface area contributed by atoms with Crippen LogP contribution in [0, 0.1) is 0 Å². The first-order valence-corrected chi connectivity index (χ1v) is 6.83. The van der Waals surface area contributed by atoms with Crippen molar-refractivity contribution in [3.63, 3.8) is 0 Å². The van der Waals surface area contributed by atoms with Crippen molar-refractivity contribution in [2.24, 2.45) is 0 Å². The largest absolute Gasteiger partial charge is 0.359 e. The van der Waals surface area contributed by atoms with Crippen LogP contribution in [-0.2, 0) is 5.66 Å². The minimum absolute atomic E-state index is 0.0558. The number of fused-ring (bicyclic) bond motifs is 1. The summed E-state index contributed by atoms with van der Waals surface area (Å²) >= 11 is 3.42. The van der Waals surface area contributed by atoms with Crippen molar-refractivity contribution < 1.29 is 4.79 Å². The lowest BCUT2D eigenvalue weighted by Gasteiger charge is -2.38. The summed E-state index contributed by atoms with van der Waals surface area (Å²) in [6.07, 6.45) is 0. The van der Waals surface area contributed by atoms with Crippen LogP contribution < -0.4 is 10.6 Å². The fourth-order valence-electron chi connectivity index (χ4n) is 2.31. The summed E-state index contributed by atoms with van der Waals surface area (Å²) < 4.78 is 1.02. The molecule has 2 N–H and O–H groups in total. The average molecular weight is 317 g/mol. The van der Waals surface area contributed by atoms with Crippen LogP contribution in [-0.4, -0.2) is 5.91 Å². The Morgan fingerprint density at radius 3 is 2.42 bits per heavy atom. The number of anilines is 1. The lowest BCUT2D eigenvalue weighted by Crippen LogP contribution is -2.52. The van der Waals surface area contributed by atoms with E-state index < -0.39 is 5.66 Å². The molecule has 0 radical (unpaired) electrons. The first-order chi connectivity index (χ1) is 9.08. The van der Waals surface area contributed by atoms with Gasteiger partial charge >= 0.3 is 0 Å². The number of hydrogen-bond acceptors (Lipinski definition) is 2. The van der Waals surface area contributed by atoms with Gasteiger partial charge in [-0.15, -0.1) is 0 Å². The van der Waals surface area contributed by atoms with E-state index >= 15 is 0 Å². The number of hydrogen-bond donors (Lipinski definition) is 2. The number of para-hydroxylation sites is 1. The number of halogens is 1. The van der Waals surface area contributed by atoms with Crippen molar-refractivity contribution in [1.82, 2.24) is 5.32 Å². The molecule has 0 spiro atoms. The third kappa shape index (κ3) is 2.12. The molecule has 2 aromatic rings. The van der Waals surface area contributed by atoms with Gasteiger partial charge in [0.05, 0.1) is 5.56 Å². The zero-order valence-electron chi connectivity index (χ0n) is 10.4. The Balaban J connectivity index is 2.04. The van der Waals surface area contributed by atoms with E-state index in [1.54, 1.807) is 0 Å². The Hall–Kier alpha value is -1.81. The molecule has 2 aromatic carbocycles. The van der Waals surface area contributed by atoms with Crippen molar-refractivity contribution in [3.05, 3.63) is 64.1 Å². The van der Waals surface area contributed by atoms with Gasteiger partial charge in [-0.25, -0.2) is 0 Å². The summed E-state index contributed by atoms with van der Waals surface area (Å²) in [6, 6.07) is 15.4. The van der Waals surface area contributed by atoms with E-state index in [-0.39, 0.29) is 5.91 Å². The summed E-state index contributed by atoms with van der Waals surface area (Å²) in [5.41, 5.74) is 1.96. The lowest BCUT2D eigenvalue weighted by molar-refractivity contribution is 0.0906. The second-order valence-electron chi connectivity index (χ2n) is 4.76. The van der Waals surface area contributed by atoms with Crippen molar-refractivity contribution in [3.8, 4) is 0 Å². The van der Waals surface area contributed by atoms with Crippen molar-refractivity contribution in [2.75, 3.05) is 5.32 Å². The fraction of sp³-hybridized carbons (Fsp3) is 0.133. The number of rotatable bonds is 1. The molecule has 1 heterocycles. The summed E-state index contributed by atoms with van der Waals surface area (Å²) in [5, 5.41) is 6.41. The molecule has 3 nitrogen and oxygen atoms in total. The highest BCUT2D eigenvalue weighted by Gasteiger charge is 2.34. The number of nitrogens with one attached hydrogen (secondary N) is 2. The molecule has 96 valence electrons. The van der Waals surface area contributed by atoms with Crippen molar-refractivity contribution >= 4 is 27.5 Å². The Morgan fingerprint density at radius 2 is 1.68 bits per heavy atom. The van der Waals surface area contributed by atoms with Crippen molar-refractivity contribution in [2.45, 2.75) is 12.6 Å². The molecule has 1 atom stereocenters. The van der Waals surface area contributed by atoms with Gasteiger partial charge in [-0.2, -0.15) is 0 Å². The second kappa shape index (κ2) is 4.38. The van der Waals surface area contributed by atoms with Crippen LogP contribution in [0.3, 0.4) is 0 Å². The molecule has 0 fully saturated rings. The van der Waals surface area contributed by atoms with Gasteiger partial charge in [-0.1, -0.05) is 40.2 Å². The van der Waals surface area contributed by atoms with Crippen LogP contribution in [0.15, 0.2) is 53.0 Å². The summed E-state index contributed by atoms with van der Waals surface area (Å²) in [6.45, 7) is 1.96. The Labute approximate surface area is 120 Å². The molecular formula is C15H13BrN2O. The predicted octanol–water partition coefficient (Wildman–Crippen LogP) is 3.48. The smallest absolute Gasteiger partial charge is 0.255 e. The van der Waals surface area contributed by atoms with Gasteiger partial charge in [0.1, 0.15) is 5.66 Å². The highest BCUT2D eigenvalue weighted by atomic mass is 79.9. The fourth-order valence-corrected chi connectivity index (χ4v) is 2.58. The summed E-state index contributed by atoms with van der Waals surface area (Å²) in [4.78, 5) is 12.2. The Morgan fingerprint density at radius 1 is 1.00 bits per heavy atom. The van der Waals surface area contributed by atoms with Gasteiger partial charge in [-0.05, 0) is 36.8 Å². The summed E-state index contributed by atoms with van der Waals surface area (Å²) in [7, 11) is 0. The monoisotopic (exact) mass is 316 g/mol. The second-order valence-corrected chi connectivity index (χ2v) is 5.67. The Bertz CT molecular complexity index is 639. The quantitative estimate of drug-likeness (QED) is 0.845. The van der Waals surface area contributed by atoms with E-state index in [2.05, 4.69) is 26.6 Å². The van der Waals surface area contributed by atoms with Gasteiger partial charge in [0, 0.05) is 10.2 Å². The zero-order chi connectivity index (χ0) is 13.5. The van der Waals surface area contributed by atoms with Gasteiger partial charge in [0.25, 0.3) is 5.91 Å². The Kier molecular flexibility index (Phi) is 2.82. The first-order valence-electron chi connectivity index (χ1n) is 6.04. The van der Waals surface area contributed by atoms with Crippen molar-refractivity contribution in [1.29, 1.82) is 0 Å². The zero-order valence-corrected chi connectivity index (χ0v) is 12.0. The molecule has 3 rings (SSSR count). The highest BCUT2D eigenvalue weighted by Crippen LogP contribution is 2.31. The molecule has 0 aliphatic carbocycles. The van der Waals surface area contributed by atoms with Crippen LogP contribution in [0.5, 0.6) is 0 Å². The van der Waals surface area contributed by atoms with Gasteiger partial charge in [0.2, 0.25) is 0 Å². The van der Waals surface area contributed by atoms with Crippen LogP contribution in [0.25, 0.3) is 0 Å². The van der Waals surface area contributed by atoms with Crippen LogP contribution in [0.2, 0.25) is 0 Å². The predicted molar refractivity (Wildman–Crippen MR) is 79.0 cm³/mol. The van der Waals surface area contributed by atoms with Gasteiger partial charge in [-0.3, -0.25) is 4.79 Å². The molecule has 0 aromatic heterocycles. The minimum Gasteiger partial charge on any atom is -0.359 e. The van der Waals surface area contributed by atoms with E-state index in [0.29, 0.717) is 5.56 Å². The average Bonchev–Trinajstić information content (AvgIpc) is 2.39. The number of benzene rings is 2. The normalized spacial score (nSPS) is 21.3. The molecule has 19 heavy (non-hydrogen) atoms. The molecule has 1 amide bonds. The molecule has 4 heteroatoms. The first kappa shape index (κ1) is 12.2. The summed E-state index contributed by atoms with van der Waals surface area (Å²) in [5.74, 6) is -0.0558. The number of amides is 1. The van der Waals surface area contributed by atoms with E-state index in [9.17, 15) is 4.79 Å². The maximum Gasteiger partial charge on any atom is 0.255 e. The van der Waals surface area contributed by atoms with Crippen LogP contribution >= 0.6 is 15.9 Å². The van der Waals surface area contributed by atoms with E-state index in [4.69, 9.17) is 0 Å². The van der Waals surface area contributed by atoms with Gasteiger partial charge < -0.3 is 10.6 Å². The van der Waals surface area contributed by atoms with Gasteiger partial charge in [0.15, 0.2) is 0 Å². The topological polar surface area (TPSA) is 41.1 Å². The standard InChI is InChI=1S/C15H13BrN2O/c1-15(10-6-8-11(16)9-7-10)17-13-5-3-2-4-12(13)14(19)18-15/h2-9,17H,1H3,(H,18,19). The maximum absolute atomic E-state index is 12.2. The number of carbonyl (C=O) groups excluding carboxylic acids is 1. The van der Waals surface area contributed by atoms with Crippen LogP contribution in [0.1, 0.15) is 22.8 Å². The molecule has 1 aliphatic rings. The molecule has 0 bridgehead atoms. The van der Waals surface area contributed by atoms with E-state index in [1.807, 2.05) is 55.5 Å². The molecule has 0 saturated carbocycles. The highest BCUT2D eigenvalue weighted by molar-refractivity contribution is 9.10. The number of carbonyl (C=O) groups is 1. The van der Waals surface area contributed by atoms with E-state index in [0.717, 1.165) is 15.7 Å². The third-order valence-electron chi connectivity index (χ3n) is 3.34. The molecule has 1 unspecified atom stereocenters. The SMILES string of the molecule is CC1(c2ccc(Br)cc2)NC(=O)c2ccccc2N1. The molecule has 1 aliphatic heterocycles. The van der Waals surface area contributed by atoms with E-state index in [1.165, 1.54) is 0 Å². The van der Waals surface area contributed by atoms with Crippen LogP contribution in [0.4, 0.5) is 5.69 Å². The molecular weight excluding hydrogens is 304 g/mol. The third-order valence-corrected chi connectivity index (χ3v) is 3.87. The lowest BCUT2D eigenvalue weighted by atomic mass is 9.96. The molecule has 0 saturated heterocycles.